The van der Waals surface area contributed by atoms with Crippen LogP contribution in [0.1, 0.15) is 5.56 Å². The Kier molecular flexibility index (Phi) is 5.84. The van der Waals surface area contributed by atoms with Gasteiger partial charge in [-0.25, -0.2) is 0 Å². The van der Waals surface area contributed by atoms with Crippen LogP contribution >= 0.6 is 15.9 Å². The Hall–Kier alpha value is -1.31. The third-order valence-corrected chi connectivity index (χ3v) is 3.76. The minimum Gasteiger partial charge on any atom is -0.493 e. The zero-order chi connectivity index (χ0) is 15.2. The van der Waals surface area contributed by atoms with Crippen LogP contribution in [0.4, 0.5) is 0 Å². The Morgan fingerprint density at radius 2 is 2.14 bits per heavy atom. The van der Waals surface area contributed by atoms with Gasteiger partial charge in [-0.15, -0.1) is 0 Å². The van der Waals surface area contributed by atoms with Gasteiger partial charge in [0.05, 0.1) is 31.4 Å². The first-order valence-corrected chi connectivity index (χ1v) is 7.40. The maximum absolute atomic E-state index is 12.1. The number of hydrogen-bond donors (Lipinski definition) is 1. The van der Waals surface area contributed by atoms with Crippen molar-refractivity contribution in [2.75, 3.05) is 40.0 Å². The van der Waals surface area contributed by atoms with Gasteiger partial charge in [0.25, 0.3) is 5.91 Å². The molecule has 0 aliphatic carbocycles. The van der Waals surface area contributed by atoms with Crippen LogP contribution in [-0.2, 0) is 16.1 Å². The summed E-state index contributed by atoms with van der Waals surface area (Å²) >= 11 is 3.36. The highest BCUT2D eigenvalue weighted by Gasteiger charge is 2.19. The number of ether oxygens (including phenoxy) is 3. The van der Waals surface area contributed by atoms with Gasteiger partial charge in [-0.2, -0.15) is 0 Å². The SMILES string of the molecule is COc1cc(CO)cc(Br)c1OCC(=O)N1CCOCC1. The number of aliphatic hydroxyl groups is 1. The molecular formula is C14H18BrNO5. The van der Waals surface area contributed by atoms with Gasteiger partial charge < -0.3 is 24.2 Å². The molecule has 0 saturated carbocycles. The van der Waals surface area contributed by atoms with Crippen molar-refractivity contribution in [3.05, 3.63) is 22.2 Å². The summed E-state index contributed by atoms with van der Waals surface area (Å²) in [5.74, 6) is 0.845. The summed E-state index contributed by atoms with van der Waals surface area (Å²) in [5, 5.41) is 9.17. The van der Waals surface area contributed by atoms with Crippen molar-refractivity contribution in [2.24, 2.45) is 0 Å². The van der Waals surface area contributed by atoms with E-state index in [1.165, 1.54) is 7.11 Å². The lowest BCUT2D eigenvalue weighted by atomic mass is 10.2. The predicted molar refractivity (Wildman–Crippen MR) is 79.5 cm³/mol. The molecule has 1 amide bonds. The molecule has 1 aliphatic heterocycles. The monoisotopic (exact) mass is 359 g/mol. The number of carbonyl (C=O) groups excluding carboxylic acids is 1. The number of amides is 1. The molecule has 0 spiro atoms. The van der Waals surface area contributed by atoms with Crippen LogP contribution in [0.5, 0.6) is 11.5 Å². The number of nitrogens with zero attached hydrogens (tertiary/aromatic N) is 1. The average molecular weight is 360 g/mol. The van der Waals surface area contributed by atoms with Gasteiger partial charge in [0.2, 0.25) is 0 Å². The van der Waals surface area contributed by atoms with Crippen molar-refractivity contribution in [1.82, 2.24) is 4.90 Å². The van der Waals surface area contributed by atoms with Gasteiger partial charge in [0.1, 0.15) is 0 Å². The van der Waals surface area contributed by atoms with E-state index in [0.29, 0.717) is 47.8 Å². The molecule has 1 N–H and O–H groups in total. The summed E-state index contributed by atoms with van der Waals surface area (Å²) in [4.78, 5) is 13.8. The third-order valence-electron chi connectivity index (χ3n) is 3.18. The fourth-order valence-corrected chi connectivity index (χ4v) is 2.65. The molecule has 2 rings (SSSR count). The number of rotatable bonds is 5. The predicted octanol–water partition coefficient (Wildman–Crippen LogP) is 1.19. The standard InChI is InChI=1S/C14H18BrNO5/c1-19-12-7-10(8-17)6-11(15)14(12)21-9-13(18)16-2-4-20-5-3-16/h6-7,17H,2-5,8-9H2,1H3. The molecule has 1 saturated heterocycles. The van der Waals surface area contributed by atoms with Crippen molar-refractivity contribution < 1.29 is 24.1 Å². The highest BCUT2D eigenvalue weighted by Crippen LogP contribution is 2.36. The smallest absolute Gasteiger partial charge is 0.260 e. The molecule has 1 aromatic carbocycles. The number of hydrogen-bond acceptors (Lipinski definition) is 5. The van der Waals surface area contributed by atoms with E-state index in [1.807, 2.05) is 0 Å². The molecule has 0 aromatic heterocycles. The lowest BCUT2D eigenvalue weighted by Gasteiger charge is -2.27. The second-order valence-electron chi connectivity index (χ2n) is 4.55. The zero-order valence-corrected chi connectivity index (χ0v) is 13.4. The molecule has 7 heteroatoms. The zero-order valence-electron chi connectivity index (χ0n) is 11.8. The number of aliphatic hydroxyl groups excluding tert-OH is 1. The third kappa shape index (κ3) is 4.09. The number of carbonyl (C=O) groups is 1. The molecular weight excluding hydrogens is 342 g/mol. The summed E-state index contributed by atoms with van der Waals surface area (Å²) in [6.07, 6.45) is 0. The second kappa shape index (κ2) is 7.63. The molecule has 0 atom stereocenters. The molecule has 0 bridgehead atoms. The molecule has 0 radical (unpaired) electrons. The van der Waals surface area contributed by atoms with E-state index in [2.05, 4.69) is 15.9 Å². The van der Waals surface area contributed by atoms with Gasteiger partial charge in [-0.05, 0) is 33.6 Å². The first-order chi connectivity index (χ1) is 10.2. The van der Waals surface area contributed by atoms with Crippen LogP contribution in [0, 0.1) is 0 Å². The quantitative estimate of drug-likeness (QED) is 0.855. The fraction of sp³-hybridized carbons (Fsp3) is 0.500. The van der Waals surface area contributed by atoms with E-state index in [1.54, 1.807) is 17.0 Å². The first-order valence-electron chi connectivity index (χ1n) is 6.61. The number of morpholine rings is 1. The highest BCUT2D eigenvalue weighted by atomic mass is 79.9. The van der Waals surface area contributed by atoms with Crippen LogP contribution in [0.2, 0.25) is 0 Å². The topological polar surface area (TPSA) is 68.2 Å². The summed E-state index contributed by atoms with van der Waals surface area (Å²) in [5.41, 5.74) is 0.700. The van der Waals surface area contributed by atoms with Gasteiger partial charge in [-0.1, -0.05) is 0 Å². The van der Waals surface area contributed by atoms with Crippen molar-refractivity contribution in [3.63, 3.8) is 0 Å². The van der Waals surface area contributed by atoms with Gasteiger partial charge in [-0.3, -0.25) is 4.79 Å². The van der Waals surface area contributed by atoms with Crippen molar-refractivity contribution in [1.29, 1.82) is 0 Å². The van der Waals surface area contributed by atoms with Crippen LogP contribution in [-0.4, -0.2) is 55.9 Å². The van der Waals surface area contributed by atoms with E-state index in [4.69, 9.17) is 14.2 Å². The van der Waals surface area contributed by atoms with Crippen LogP contribution in [0.3, 0.4) is 0 Å². The van der Waals surface area contributed by atoms with Crippen LogP contribution in [0.15, 0.2) is 16.6 Å². The summed E-state index contributed by atoms with van der Waals surface area (Å²) in [7, 11) is 1.51. The molecule has 1 fully saturated rings. The Bertz CT molecular complexity index is 502. The molecule has 116 valence electrons. The van der Waals surface area contributed by atoms with E-state index in [9.17, 15) is 9.90 Å². The minimum atomic E-state index is -0.0953. The number of methoxy groups -OCH3 is 1. The fourth-order valence-electron chi connectivity index (χ4n) is 2.04. The van der Waals surface area contributed by atoms with E-state index >= 15 is 0 Å². The van der Waals surface area contributed by atoms with Crippen molar-refractivity contribution >= 4 is 21.8 Å². The van der Waals surface area contributed by atoms with Crippen molar-refractivity contribution in [2.45, 2.75) is 6.61 Å². The molecule has 0 unspecified atom stereocenters. The van der Waals surface area contributed by atoms with Gasteiger partial charge in [0.15, 0.2) is 18.1 Å². The normalized spacial score (nSPS) is 14.9. The molecule has 6 nitrogen and oxygen atoms in total. The van der Waals surface area contributed by atoms with Gasteiger partial charge >= 0.3 is 0 Å². The van der Waals surface area contributed by atoms with E-state index in [-0.39, 0.29) is 19.1 Å². The largest absolute Gasteiger partial charge is 0.493 e. The summed E-state index contributed by atoms with van der Waals surface area (Å²) in [6, 6.07) is 3.41. The Labute approximate surface area is 131 Å². The summed E-state index contributed by atoms with van der Waals surface area (Å²) in [6.45, 7) is 2.14. The number of halogens is 1. The lowest BCUT2D eigenvalue weighted by Crippen LogP contribution is -2.43. The number of benzene rings is 1. The van der Waals surface area contributed by atoms with Crippen LogP contribution in [0.25, 0.3) is 0 Å². The maximum atomic E-state index is 12.1. The minimum absolute atomic E-state index is 0.0621. The Balaban J connectivity index is 2.03. The molecule has 1 aliphatic rings. The van der Waals surface area contributed by atoms with Gasteiger partial charge in [0, 0.05) is 13.1 Å². The molecule has 1 heterocycles. The average Bonchev–Trinajstić information content (AvgIpc) is 2.53. The highest BCUT2D eigenvalue weighted by molar-refractivity contribution is 9.10. The lowest BCUT2D eigenvalue weighted by molar-refractivity contribution is -0.137. The Morgan fingerprint density at radius 3 is 2.76 bits per heavy atom. The van der Waals surface area contributed by atoms with Crippen LogP contribution < -0.4 is 9.47 Å². The summed E-state index contributed by atoms with van der Waals surface area (Å²) < 4.78 is 16.7. The maximum Gasteiger partial charge on any atom is 0.260 e. The second-order valence-corrected chi connectivity index (χ2v) is 5.40. The van der Waals surface area contributed by atoms with E-state index < -0.39 is 0 Å². The van der Waals surface area contributed by atoms with Crippen molar-refractivity contribution in [3.8, 4) is 11.5 Å². The first kappa shape index (κ1) is 16.1. The Morgan fingerprint density at radius 1 is 1.43 bits per heavy atom. The molecule has 21 heavy (non-hydrogen) atoms. The molecule has 1 aromatic rings. The van der Waals surface area contributed by atoms with E-state index in [0.717, 1.165) is 0 Å².